The predicted molar refractivity (Wildman–Crippen MR) is 44.4 cm³/mol. The Bertz CT molecular complexity index is 130. The van der Waals surface area contributed by atoms with Gasteiger partial charge >= 0.3 is 0 Å². The lowest BCUT2D eigenvalue weighted by Gasteiger charge is -2.13. The molecule has 1 saturated heterocycles. The van der Waals surface area contributed by atoms with E-state index in [1.54, 1.807) is 0 Å². The summed E-state index contributed by atoms with van der Waals surface area (Å²) in [6.07, 6.45) is 2.14. The van der Waals surface area contributed by atoms with Gasteiger partial charge in [0.2, 0.25) is 0 Å². The van der Waals surface area contributed by atoms with Gasteiger partial charge < -0.3 is 9.84 Å². The molecule has 1 heterocycles. The molecule has 0 aromatic carbocycles. The molecule has 66 valence electrons. The monoisotopic (exact) mass is 158 g/mol. The number of hydrogen-bond acceptors (Lipinski definition) is 2. The van der Waals surface area contributed by atoms with E-state index in [4.69, 9.17) is 4.74 Å². The molecule has 1 fully saturated rings. The summed E-state index contributed by atoms with van der Waals surface area (Å²) in [4.78, 5) is 0. The Kier molecular flexibility index (Phi) is 2.55. The van der Waals surface area contributed by atoms with Crippen molar-refractivity contribution >= 4 is 0 Å². The molecular formula is C9H18O2. The summed E-state index contributed by atoms with van der Waals surface area (Å²) in [5.74, 6) is 0.661. The molecule has 0 aliphatic carbocycles. The van der Waals surface area contributed by atoms with Crippen molar-refractivity contribution in [2.75, 3.05) is 6.61 Å². The Balaban J connectivity index is 2.31. The summed E-state index contributed by atoms with van der Waals surface area (Å²) in [5, 5.41) is 9.55. The molecule has 0 aromatic rings. The van der Waals surface area contributed by atoms with Crippen LogP contribution in [0, 0.1) is 5.92 Å². The summed E-state index contributed by atoms with van der Waals surface area (Å²) in [5.41, 5.74) is -0.570. The maximum Gasteiger partial charge on any atom is 0.0877 e. The Labute approximate surface area is 68.6 Å². The quantitative estimate of drug-likeness (QED) is 0.661. The number of rotatable bonds is 2. The van der Waals surface area contributed by atoms with Crippen molar-refractivity contribution in [3.05, 3.63) is 0 Å². The summed E-state index contributed by atoms with van der Waals surface area (Å²) >= 11 is 0. The topological polar surface area (TPSA) is 29.5 Å². The highest BCUT2D eigenvalue weighted by Gasteiger charge is 2.33. The van der Waals surface area contributed by atoms with Crippen molar-refractivity contribution in [3.63, 3.8) is 0 Å². The molecule has 0 aromatic heterocycles. The minimum absolute atomic E-state index is 0.282. The van der Waals surface area contributed by atoms with Gasteiger partial charge in [0, 0.05) is 6.42 Å². The van der Waals surface area contributed by atoms with E-state index in [2.05, 4.69) is 13.8 Å². The van der Waals surface area contributed by atoms with Crippen molar-refractivity contribution in [2.45, 2.75) is 45.3 Å². The first kappa shape index (κ1) is 9.01. The van der Waals surface area contributed by atoms with Crippen LogP contribution in [0.3, 0.4) is 0 Å². The average molecular weight is 158 g/mol. The van der Waals surface area contributed by atoms with E-state index in [9.17, 15) is 5.11 Å². The fraction of sp³-hybridized carbons (Fsp3) is 1.00. The van der Waals surface area contributed by atoms with E-state index in [1.807, 2.05) is 6.92 Å². The van der Waals surface area contributed by atoms with Crippen molar-refractivity contribution in [1.82, 2.24) is 0 Å². The third-order valence-electron chi connectivity index (χ3n) is 2.03. The molecule has 0 spiro atoms. The molecule has 1 aliphatic rings. The van der Waals surface area contributed by atoms with E-state index in [1.165, 1.54) is 0 Å². The van der Waals surface area contributed by atoms with E-state index in [0.29, 0.717) is 12.5 Å². The minimum Gasteiger partial charge on any atom is -0.388 e. The Morgan fingerprint density at radius 3 is 2.64 bits per heavy atom. The van der Waals surface area contributed by atoms with Crippen LogP contribution in [0.25, 0.3) is 0 Å². The van der Waals surface area contributed by atoms with Crippen LogP contribution >= 0.6 is 0 Å². The zero-order valence-electron chi connectivity index (χ0n) is 7.63. The molecule has 2 unspecified atom stereocenters. The Hall–Kier alpha value is -0.0800. The second-order valence-electron chi connectivity index (χ2n) is 4.26. The molecular weight excluding hydrogens is 140 g/mol. The molecule has 2 atom stereocenters. The highest BCUT2D eigenvalue weighted by Crippen LogP contribution is 2.27. The van der Waals surface area contributed by atoms with Gasteiger partial charge in [-0.25, -0.2) is 0 Å². The zero-order chi connectivity index (χ0) is 8.48. The second-order valence-corrected chi connectivity index (χ2v) is 4.26. The standard InChI is InChI=1S/C9H18O2/c1-7(2)4-8-5-9(3,10)6-11-8/h7-8,10H,4-6H2,1-3H3. The van der Waals surface area contributed by atoms with Crippen LogP contribution in [-0.4, -0.2) is 23.4 Å². The van der Waals surface area contributed by atoms with Gasteiger partial charge in [-0.1, -0.05) is 13.8 Å². The minimum atomic E-state index is -0.570. The summed E-state index contributed by atoms with van der Waals surface area (Å²) in [6.45, 7) is 6.70. The van der Waals surface area contributed by atoms with Gasteiger partial charge in [0.1, 0.15) is 0 Å². The largest absolute Gasteiger partial charge is 0.388 e. The smallest absolute Gasteiger partial charge is 0.0877 e. The van der Waals surface area contributed by atoms with Gasteiger partial charge in [0.15, 0.2) is 0 Å². The zero-order valence-corrected chi connectivity index (χ0v) is 7.63. The summed E-state index contributed by atoms with van der Waals surface area (Å²) in [6, 6.07) is 0. The van der Waals surface area contributed by atoms with Crippen LogP contribution in [-0.2, 0) is 4.74 Å². The van der Waals surface area contributed by atoms with Crippen molar-refractivity contribution in [3.8, 4) is 0 Å². The van der Waals surface area contributed by atoms with Gasteiger partial charge in [-0.3, -0.25) is 0 Å². The van der Waals surface area contributed by atoms with Crippen molar-refractivity contribution in [1.29, 1.82) is 0 Å². The van der Waals surface area contributed by atoms with E-state index >= 15 is 0 Å². The second kappa shape index (κ2) is 3.11. The van der Waals surface area contributed by atoms with Gasteiger partial charge in [-0.05, 0) is 19.3 Å². The average Bonchev–Trinajstić information content (AvgIpc) is 2.08. The highest BCUT2D eigenvalue weighted by atomic mass is 16.5. The number of hydrogen-bond donors (Lipinski definition) is 1. The molecule has 0 amide bonds. The van der Waals surface area contributed by atoms with Crippen LogP contribution in [0.15, 0.2) is 0 Å². The van der Waals surface area contributed by atoms with Gasteiger partial charge in [0.05, 0.1) is 18.3 Å². The lowest BCUT2D eigenvalue weighted by molar-refractivity contribution is 0.0334. The lowest BCUT2D eigenvalue weighted by atomic mass is 9.97. The van der Waals surface area contributed by atoms with E-state index in [0.717, 1.165) is 12.8 Å². The van der Waals surface area contributed by atoms with Gasteiger partial charge in [-0.15, -0.1) is 0 Å². The van der Waals surface area contributed by atoms with Crippen molar-refractivity contribution < 1.29 is 9.84 Å². The van der Waals surface area contributed by atoms with E-state index < -0.39 is 5.60 Å². The van der Waals surface area contributed by atoms with Gasteiger partial charge in [0.25, 0.3) is 0 Å². The predicted octanol–water partition coefficient (Wildman–Crippen LogP) is 1.57. The fourth-order valence-corrected chi connectivity index (χ4v) is 1.58. The summed E-state index contributed by atoms with van der Waals surface area (Å²) < 4.78 is 5.43. The SMILES string of the molecule is CC(C)CC1CC(C)(O)CO1. The molecule has 1 aliphatic heterocycles. The van der Waals surface area contributed by atoms with Crippen LogP contribution in [0.2, 0.25) is 0 Å². The number of aliphatic hydroxyl groups is 1. The molecule has 2 nitrogen and oxygen atoms in total. The molecule has 0 bridgehead atoms. The van der Waals surface area contributed by atoms with Crippen molar-refractivity contribution in [2.24, 2.45) is 5.92 Å². The third-order valence-corrected chi connectivity index (χ3v) is 2.03. The maximum atomic E-state index is 9.55. The Morgan fingerprint density at radius 1 is 1.64 bits per heavy atom. The molecule has 0 saturated carbocycles. The van der Waals surface area contributed by atoms with Gasteiger partial charge in [-0.2, -0.15) is 0 Å². The first-order valence-corrected chi connectivity index (χ1v) is 4.33. The molecule has 1 rings (SSSR count). The first-order chi connectivity index (χ1) is 4.99. The molecule has 1 N–H and O–H groups in total. The first-order valence-electron chi connectivity index (χ1n) is 4.33. The Morgan fingerprint density at radius 2 is 2.27 bits per heavy atom. The normalized spacial score (nSPS) is 38.5. The van der Waals surface area contributed by atoms with E-state index in [-0.39, 0.29) is 6.10 Å². The van der Waals surface area contributed by atoms with Crippen LogP contribution in [0.4, 0.5) is 0 Å². The lowest BCUT2D eigenvalue weighted by Crippen LogP contribution is -2.23. The highest BCUT2D eigenvalue weighted by molar-refractivity contribution is 4.83. The van der Waals surface area contributed by atoms with Crippen LogP contribution < -0.4 is 0 Å². The maximum absolute atomic E-state index is 9.55. The summed E-state index contributed by atoms with van der Waals surface area (Å²) in [7, 11) is 0. The number of ether oxygens (including phenoxy) is 1. The molecule has 0 radical (unpaired) electrons. The van der Waals surface area contributed by atoms with Crippen LogP contribution in [0.1, 0.15) is 33.6 Å². The fourth-order valence-electron chi connectivity index (χ4n) is 1.58. The third kappa shape index (κ3) is 2.80. The molecule has 2 heteroatoms. The van der Waals surface area contributed by atoms with Crippen LogP contribution in [0.5, 0.6) is 0 Å². The molecule has 11 heavy (non-hydrogen) atoms.